The van der Waals surface area contributed by atoms with Crippen LogP contribution in [-0.2, 0) is 9.59 Å². The molecule has 0 heterocycles. The van der Waals surface area contributed by atoms with E-state index in [1.807, 2.05) is 0 Å². The first-order valence-corrected chi connectivity index (χ1v) is 4.20. The summed E-state index contributed by atoms with van der Waals surface area (Å²) >= 11 is 0. The summed E-state index contributed by atoms with van der Waals surface area (Å²) in [5.41, 5.74) is 0. The van der Waals surface area contributed by atoms with Gasteiger partial charge in [0.15, 0.2) is 0 Å². The summed E-state index contributed by atoms with van der Waals surface area (Å²) in [6.07, 6.45) is -0.586. The second kappa shape index (κ2) is 6.15. The Labute approximate surface area is 88.1 Å². The average molecular weight is 240 g/mol. The van der Waals surface area contributed by atoms with Crippen molar-refractivity contribution in [3.63, 3.8) is 0 Å². The van der Waals surface area contributed by atoms with Crippen LogP contribution in [0.25, 0.3) is 0 Å². The van der Waals surface area contributed by atoms with Gasteiger partial charge in [-0.3, -0.25) is 0 Å². The fourth-order valence-corrected chi connectivity index (χ4v) is 0.850. The van der Waals surface area contributed by atoms with Gasteiger partial charge in [0.05, 0.1) is 13.1 Å². The fourth-order valence-electron chi connectivity index (χ4n) is 0.850. The average Bonchev–Trinajstić information content (AvgIpc) is 2.18. The van der Waals surface area contributed by atoms with Crippen molar-refractivity contribution < 1.29 is 27.2 Å². The summed E-state index contributed by atoms with van der Waals surface area (Å²) < 4.78 is 51.5. The lowest BCUT2D eigenvalue weighted by molar-refractivity contribution is -0.212. The van der Waals surface area contributed by atoms with Crippen LogP contribution >= 0.6 is 0 Å². The smallest absolute Gasteiger partial charge is 0.211 e. The Morgan fingerprint density at radius 2 is 1.12 bits per heavy atom. The highest BCUT2D eigenvalue weighted by molar-refractivity contribution is 5.33. The van der Waals surface area contributed by atoms with Gasteiger partial charge in [-0.15, -0.1) is 0 Å². The number of rotatable bonds is 7. The summed E-state index contributed by atoms with van der Waals surface area (Å²) in [5, 5.41) is 0. The topological polar surface area (TPSA) is 58.9 Å². The van der Waals surface area contributed by atoms with E-state index in [1.165, 1.54) is 0 Å². The minimum Gasteiger partial charge on any atom is -0.211 e. The van der Waals surface area contributed by atoms with Crippen LogP contribution < -0.4 is 0 Å². The minimum absolute atomic E-state index is 0.733. The Hall–Kier alpha value is -1.52. The van der Waals surface area contributed by atoms with Gasteiger partial charge in [-0.1, -0.05) is 0 Å². The highest BCUT2D eigenvalue weighted by Gasteiger charge is 2.54. The molecule has 0 bridgehead atoms. The third kappa shape index (κ3) is 4.33. The molecule has 4 nitrogen and oxygen atoms in total. The van der Waals surface area contributed by atoms with Gasteiger partial charge in [0, 0.05) is 12.8 Å². The second-order valence-corrected chi connectivity index (χ2v) is 2.85. The number of halogens is 4. The first-order chi connectivity index (χ1) is 7.37. The molecule has 0 radical (unpaired) electrons. The van der Waals surface area contributed by atoms with Crippen molar-refractivity contribution in [1.82, 2.24) is 0 Å². The summed E-state index contributed by atoms with van der Waals surface area (Å²) in [6, 6.07) is 0. The molecule has 0 aromatic carbocycles. The fraction of sp³-hybridized carbons (Fsp3) is 0.750. The molecule has 0 saturated heterocycles. The molecule has 0 aliphatic carbocycles. The van der Waals surface area contributed by atoms with Crippen LogP contribution in [0.1, 0.15) is 12.8 Å². The maximum atomic E-state index is 12.9. The van der Waals surface area contributed by atoms with Gasteiger partial charge in [-0.05, 0) is 0 Å². The van der Waals surface area contributed by atoms with E-state index in [0.29, 0.717) is 0 Å². The third-order valence-electron chi connectivity index (χ3n) is 1.74. The SMILES string of the molecule is O=C=NCCC(F)(F)C(F)(F)CCN=C=O. The van der Waals surface area contributed by atoms with Crippen molar-refractivity contribution in [3.8, 4) is 0 Å². The second-order valence-electron chi connectivity index (χ2n) is 2.85. The molecule has 0 aliphatic rings. The zero-order valence-electron chi connectivity index (χ0n) is 8.05. The minimum atomic E-state index is -4.30. The summed E-state index contributed by atoms with van der Waals surface area (Å²) in [4.78, 5) is 24.7. The van der Waals surface area contributed by atoms with Crippen molar-refractivity contribution in [2.75, 3.05) is 13.1 Å². The molecule has 90 valence electrons. The molecule has 0 amide bonds. The molecule has 0 saturated carbocycles. The molecule has 8 heteroatoms. The molecule has 16 heavy (non-hydrogen) atoms. The number of isocyanates is 2. The van der Waals surface area contributed by atoms with Crippen molar-refractivity contribution in [2.24, 2.45) is 9.98 Å². The number of hydrogen-bond donors (Lipinski definition) is 0. The van der Waals surface area contributed by atoms with Crippen LogP contribution in [-0.4, -0.2) is 37.1 Å². The zero-order chi connectivity index (χ0) is 12.7. The lowest BCUT2D eigenvalue weighted by atomic mass is 10.1. The molecule has 0 unspecified atom stereocenters. The van der Waals surface area contributed by atoms with Crippen molar-refractivity contribution in [2.45, 2.75) is 24.7 Å². The Kier molecular flexibility index (Phi) is 5.56. The van der Waals surface area contributed by atoms with Crippen LogP contribution in [0.2, 0.25) is 0 Å². The van der Waals surface area contributed by atoms with Gasteiger partial charge in [0.2, 0.25) is 12.2 Å². The lowest BCUT2D eigenvalue weighted by Crippen LogP contribution is -2.41. The van der Waals surface area contributed by atoms with Crippen molar-refractivity contribution in [3.05, 3.63) is 0 Å². The Bertz CT molecular complexity index is 288. The number of alkyl halides is 4. The van der Waals surface area contributed by atoms with Gasteiger partial charge in [-0.2, -0.15) is 17.6 Å². The van der Waals surface area contributed by atoms with E-state index >= 15 is 0 Å². The molecule has 0 N–H and O–H groups in total. The highest BCUT2D eigenvalue weighted by Crippen LogP contribution is 2.39. The molecule has 0 spiro atoms. The highest BCUT2D eigenvalue weighted by atomic mass is 19.3. The van der Waals surface area contributed by atoms with Crippen molar-refractivity contribution in [1.29, 1.82) is 0 Å². The van der Waals surface area contributed by atoms with Crippen molar-refractivity contribution >= 4 is 12.2 Å². The Morgan fingerprint density at radius 3 is 1.38 bits per heavy atom. The summed E-state index contributed by atoms with van der Waals surface area (Å²) in [6.45, 7) is -1.47. The zero-order valence-corrected chi connectivity index (χ0v) is 8.05. The monoisotopic (exact) mass is 240 g/mol. The standard InChI is InChI=1S/C8H8F4N2O2/c9-7(10,1-3-13-5-15)8(11,12)2-4-14-6-16/h1-4H2. The van der Waals surface area contributed by atoms with Gasteiger partial charge in [0.1, 0.15) is 0 Å². The quantitative estimate of drug-likeness (QED) is 0.386. The number of carbonyl (C=O) groups excluding carboxylic acids is 2. The largest absolute Gasteiger partial charge is 0.312 e. The van der Waals surface area contributed by atoms with E-state index in [1.54, 1.807) is 0 Å². The molecular formula is C8H8F4N2O2. The molecule has 0 aromatic rings. The van der Waals surface area contributed by atoms with Crippen LogP contribution in [0.4, 0.5) is 17.6 Å². The maximum Gasteiger partial charge on any atom is 0.312 e. The summed E-state index contributed by atoms with van der Waals surface area (Å²) in [5.74, 6) is -8.60. The van der Waals surface area contributed by atoms with Gasteiger partial charge in [-0.25, -0.2) is 19.6 Å². The van der Waals surface area contributed by atoms with E-state index < -0.39 is 37.8 Å². The van der Waals surface area contributed by atoms with Crippen LogP contribution in [0.3, 0.4) is 0 Å². The van der Waals surface area contributed by atoms with E-state index in [0.717, 1.165) is 12.2 Å². The number of hydrogen-bond acceptors (Lipinski definition) is 4. The molecule has 0 fully saturated rings. The number of aliphatic imine (C=N–C) groups is 2. The molecule has 0 rings (SSSR count). The predicted octanol–water partition coefficient (Wildman–Crippen LogP) is 1.71. The van der Waals surface area contributed by atoms with Crippen LogP contribution in [0.15, 0.2) is 9.98 Å². The third-order valence-corrected chi connectivity index (χ3v) is 1.74. The van der Waals surface area contributed by atoms with Gasteiger partial charge < -0.3 is 0 Å². The van der Waals surface area contributed by atoms with Gasteiger partial charge in [0.25, 0.3) is 0 Å². The van der Waals surface area contributed by atoms with E-state index in [4.69, 9.17) is 0 Å². The Morgan fingerprint density at radius 1 is 0.812 bits per heavy atom. The first-order valence-electron chi connectivity index (χ1n) is 4.20. The van der Waals surface area contributed by atoms with E-state index in [-0.39, 0.29) is 0 Å². The van der Waals surface area contributed by atoms with E-state index in [9.17, 15) is 27.2 Å². The van der Waals surface area contributed by atoms with Gasteiger partial charge >= 0.3 is 11.8 Å². The molecular weight excluding hydrogens is 232 g/mol. The Balaban J connectivity index is 4.42. The lowest BCUT2D eigenvalue weighted by Gasteiger charge is -2.25. The normalized spacial score (nSPS) is 11.5. The first kappa shape index (κ1) is 14.5. The maximum absolute atomic E-state index is 12.9. The van der Waals surface area contributed by atoms with E-state index in [2.05, 4.69) is 9.98 Å². The summed E-state index contributed by atoms with van der Waals surface area (Å²) in [7, 11) is 0. The number of nitrogens with zero attached hydrogens (tertiary/aromatic N) is 2. The molecule has 0 atom stereocenters. The molecule has 0 aliphatic heterocycles. The van der Waals surface area contributed by atoms with Crippen LogP contribution in [0.5, 0.6) is 0 Å². The van der Waals surface area contributed by atoms with Crippen LogP contribution in [0, 0.1) is 0 Å². The predicted molar refractivity (Wildman–Crippen MR) is 45.1 cm³/mol. The molecule has 0 aromatic heterocycles.